The Morgan fingerprint density at radius 2 is 1.79 bits per heavy atom. The number of aromatic nitrogens is 6. The van der Waals surface area contributed by atoms with E-state index in [1.54, 1.807) is 24.5 Å². The summed E-state index contributed by atoms with van der Waals surface area (Å²) in [4.78, 5) is 19.5. The maximum atomic E-state index is 13.4. The molecule has 0 N–H and O–H groups in total. The number of halogens is 1. The first-order valence-electron chi connectivity index (χ1n) is 8.36. The van der Waals surface area contributed by atoms with Crippen LogP contribution in [0.15, 0.2) is 55.0 Å². The van der Waals surface area contributed by atoms with Crippen molar-refractivity contribution < 1.29 is 33.2 Å². The summed E-state index contributed by atoms with van der Waals surface area (Å²) in [6, 6.07) is 9.74. The van der Waals surface area contributed by atoms with Crippen LogP contribution in [0.2, 0.25) is 0 Å². The third-order valence-electron chi connectivity index (χ3n) is 4.23. The zero-order valence-corrected chi connectivity index (χ0v) is 15.8. The Morgan fingerprint density at radius 3 is 2.45 bits per heavy atom. The minimum atomic E-state index is -1.26. The summed E-state index contributed by atoms with van der Waals surface area (Å²) >= 11 is 0. The molecule has 3 aromatic heterocycles. The van der Waals surface area contributed by atoms with Crippen LogP contribution in [-0.4, -0.2) is 35.5 Å². The number of benzene rings is 1. The summed E-state index contributed by atoms with van der Waals surface area (Å²) < 4.78 is 16.4. The molecule has 1 aromatic carbocycles. The van der Waals surface area contributed by atoms with Gasteiger partial charge in [-0.2, -0.15) is 0 Å². The average Bonchev–Trinajstić information content (AvgIpc) is 3.27. The minimum Gasteiger partial charge on any atom is -0.548 e. The maximum absolute atomic E-state index is 13.4. The SMILES string of the molecule is Cn1c(-c2cn(CC(=O)[O-])nn2)nc(-c2ccc(F)cc2)c1-c1ccncc1.[Li+]. The van der Waals surface area contributed by atoms with Gasteiger partial charge in [-0.3, -0.25) is 4.98 Å². The zero-order chi connectivity index (χ0) is 19.7. The smallest absolute Gasteiger partial charge is 0.548 e. The van der Waals surface area contributed by atoms with Crippen LogP contribution in [-0.2, 0) is 18.4 Å². The van der Waals surface area contributed by atoms with Crippen molar-refractivity contribution in [2.45, 2.75) is 6.54 Å². The van der Waals surface area contributed by atoms with Gasteiger partial charge in [0, 0.05) is 30.6 Å². The molecule has 0 saturated carbocycles. The van der Waals surface area contributed by atoms with Crippen LogP contribution in [0.3, 0.4) is 0 Å². The number of carbonyl (C=O) groups is 1. The van der Waals surface area contributed by atoms with Crippen molar-refractivity contribution in [1.29, 1.82) is 0 Å². The topological polar surface area (TPSA) is 102 Å². The first-order chi connectivity index (χ1) is 13.5. The second kappa shape index (κ2) is 8.39. The molecule has 29 heavy (non-hydrogen) atoms. The van der Waals surface area contributed by atoms with Crippen molar-refractivity contribution in [3.8, 4) is 34.0 Å². The summed E-state index contributed by atoms with van der Waals surface area (Å²) in [7, 11) is 1.82. The number of nitrogens with zero attached hydrogens (tertiary/aromatic N) is 6. The van der Waals surface area contributed by atoms with E-state index >= 15 is 0 Å². The van der Waals surface area contributed by atoms with Gasteiger partial charge in [-0.05, 0) is 36.4 Å². The number of rotatable bonds is 5. The number of pyridine rings is 1. The summed E-state index contributed by atoms with van der Waals surface area (Å²) in [5.41, 5.74) is 3.44. The van der Waals surface area contributed by atoms with Crippen LogP contribution in [0.1, 0.15) is 0 Å². The van der Waals surface area contributed by atoms with E-state index in [2.05, 4.69) is 20.3 Å². The second-order valence-corrected chi connectivity index (χ2v) is 6.11. The fourth-order valence-corrected chi connectivity index (χ4v) is 2.99. The van der Waals surface area contributed by atoms with Gasteiger partial charge in [0.05, 0.1) is 30.1 Å². The number of hydrogen-bond acceptors (Lipinski definition) is 6. The van der Waals surface area contributed by atoms with Gasteiger partial charge in [0.1, 0.15) is 11.5 Å². The number of carbonyl (C=O) groups excluding carboxylic acids is 1. The van der Waals surface area contributed by atoms with Crippen molar-refractivity contribution in [3.05, 3.63) is 60.8 Å². The number of carboxylic acids is 1. The van der Waals surface area contributed by atoms with E-state index in [1.807, 2.05) is 23.7 Å². The maximum Gasteiger partial charge on any atom is 1.00 e. The molecule has 4 rings (SSSR count). The number of imidazole rings is 1. The van der Waals surface area contributed by atoms with Gasteiger partial charge in [-0.15, -0.1) is 5.10 Å². The minimum absolute atomic E-state index is 0. The van der Waals surface area contributed by atoms with Crippen LogP contribution in [0.4, 0.5) is 4.39 Å². The largest absolute Gasteiger partial charge is 1.00 e. The molecule has 0 aliphatic carbocycles. The van der Waals surface area contributed by atoms with Crippen molar-refractivity contribution in [1.82, 2.24) is 29.5 Å². The Labute approximate surface area is 177 Å². The molecule has 4 aromatic rings. The van der Waals surface area contributed by atoms with Crippen molar-refractivity contribution in [2.75, 3.05) is 0 Å². The van der Waals surface area contributed by atoms with Crippen LogP contribution in [0, 0.1) is 5.82 Å². The van der Waals surface area contributed by atoms with Crippen molar-refractivity contribution in [3.63, 3.8) is 0 Å². The molecule has 0 fully saturated rings. The van der Waals surface area contributed by atoms with Gasteiger partial charge in [-0.1, -0.05) is 5.21 Å². The van der Waals surface area contributed by atoms with E-state index in [0.717, 1.165) is 16.8 Å². The molecular formula is C19H14FLiN6O2. The molecule has 10 heteroatoms. The van der Waals surface area contributed by atoms with Crippen molar-refractivity contribution in [2.24, 2.45) is 7.05 Å². The van der Waals surface area contributed by atoms with Gasteiger partial charge in [0.25, 0.3) is 0 Å². The van der Waals surface area contributed by atoms with Gasteiger partial charge in [-0.25, -0.2) is 14.1 Å². The molecule has 0 amide bonds. The summed E-state index contributed by atoms with van der Waals surface area (Å²) in [5.74, 6) is -1.10. The quantitative estimate of drug-likeness (QED) is 0.380. The first kappa shape index (κ1) is 20.5. The van der Waals surface area contributed by atoms with E-state index < -0.39 is 12.5 Å². The monoisotopic (exact) mass is 384 g/mol. The van der Waals surface area contributed by atoms with Crippen LogP contribution >= 0.6 is 0 Å². The Morgan fingerprint density at radius 1 is 1.10 bits per heavy atom. The molecule has 0 saturated heterocycles. The van der Waals surface area contributed by atoms with E-state index in [4.69, 9.17) is 0 Å². The van der Waals surface area contributed by atoms with Gasteiger partial charge < -0.3 is 14.5 Å². The molecule has 8 nitrogen and oxygen atoms in total. The third kappa shape index (κ3) is 4.11. The van der Waals surface area contributed by atoms with E-state index in [1.165, 1.54) is 23.0 Å². The van der Waals surface area contributed by atoms with Crippen LogP contribution in [0.5, 0.6) is 0 Å². The number of aliphatic carboxylic acids is 1. The number of hydrogen-bond donors (Lipinski definition) is 0. The fraction of sp³-hybridized carbons (Fsp3) is 0.105. The van der Waals surface area contributed by atoms with E-state index in [0.29, 0.717) is 17.2 Å². The molecule has 3 heterocycles. The number of carboxylic acid groups (broad SMARTS) is 1. The Kier molecular flexibility index (Phi) is 5.91. The summed E-state index contributed by atoms with van der Waals surface area (Å²) in [6.07, 6.45) is 4.84. The second-order valence-electron chi connectivity index (χ2n) is 6.11. The molecule has 0 bridgehead atoms. The van der Waals surface area contributed by atoms with Gasteiger partial charge in [0.2, 0.25) is 0 Å². The molecule has 140 valence electrons. The summed E-state index contributed by atoms with van der Waals surface area (Å²) in [6.45, 7) is -0.403. The Bertz CT molecular complexity index is 1140. The predicted molar refractivity (Wildman–Crippen MR) is 95.9 cm³/mol. The Balaban J connectivity index is 0.00000240. The summed E-state index contributed by atoms with van der Waals surface area (Å²) in [5, 5.41) is 18.6. The van der Waals surface area contributed by atoms with Gasteiger partial charge in [0.15, 0.2) is 5.82 Å². The third-order valence-corrected chi connectivity index (χ3v) is 4.23. The normalized spacial score (nSPS) is 10.6. The molecule has 0 unspecified atom stereocenters. The molecule has 0 aliphatic rings. The Hall–Kier alpha value is -3.28. The zero-order valence-electron chi connectivity index (χ0n) is 15.8. The van der Waals surface area contributed by atoms with Gasteiger partial charge >= 0.3 is 18.9 Å². The fourth-order valence-electron chi connectivity index (χ4n) is 2.99. The molecule has 0 spiro atoms. The molecule has 0 aliphatic heterocycles. The van der Waals surface area contributed by atoms with Crippen molar-refractivity contribution >= 4 is 5.97 Å². The molecule has 0 radical (unpaired) electrons. The first-order valence-corrected chi connectivity index (χ1v) is 8.36. The molecule has 0 atom stereocenters. The van der Waals surface area contributed by atoms with Crippen LogP contribution < -0.4 is 24.0 Å². The standard InChI is InChI=1S/C19H15FN6O2.Li/c1-25-18(13-6-8-21-9-7-13)17(12-2-4-14(20)5-3-12)22-19(25)15-10-26(24-23-15)11-16(27)28;/h2-10H,11H2,1H3,(H,27,28);/q;+1/p-1. The average molecular weight is 384 g/mol. The van der Waals surface area contributed by atoms with E-state index in [-0.39, 0.29) is 24.7 Å². The van der Waals surface area contributed by atoms with E-state index in [9.17, 15) is 14.3 Å². The molecular weight excluding hydrogens is 370 g/mol. The predicted octanol–water partition coefficient (Wildman–Crippen LogP) is -1.70. The van der Waals surface area contributed by atoms with Crippen LogP contribution in [0.25, 0.3) is 34.0 Å².